The third kappa shape index (κ3) is 5.06. The molecule has 1 unspecified atom stereocenters. The Morgan fingerprint density at radius 1 is 1.54 bits per heavy atom. The molecule has 78 valence electrons. The Kier molecular flexibility index (Phi) is 5.26. The van der Waals surface area contributed by atoms with E-state index in [2.05, 4.69) is 19.9 Å². The Morgan fingerprint density at radius 2 is 2.08 bits per heavy atom. The monoisotopic (exact) mass is 186 g/mol. The molecular weight excluding hydrogens is 164 g/mol. The van der Waals surface area contributed by atoms with Crippen molar-refractivity contribution in [1.29, 1.82) is 0 Å². The van der Waals surface area contributed by atoms with Crippen molar-refractivity contribution in [2.75, 3.05) is 6.61 Å². The van der Waals surface area contributed by atoms with Gasteiger partial charge in [-0.1, -0.05) is 13.0 Å². The second-order valence-electron chi connectivity index (χ2n) is 4.03. The molecule has 0 spiro atoms. The molecule has 0 fully saturated rings. The summed E-state index contributed by atoms with van der Waals surface area (Å²) in [6.45, 7) is 10.0. The SMILES string of the molecule is CC/C=C(\C)C(C)OC(C)(C)CO. The molecule has 0 saturated carbocycles. The topological polar surface area (TPSA) is 29.5 Å². The van der Waals surface area contributed by atoms with Crippen LogP contribution in [-0.2, 0) is 4.74 Å². The minimum Gasteiger partial charge on any atom is -0.393 e. The third-order valence-electron chi connectivity index (χ3n) is 2.04. The van der Waals surface area contributed by atoms with Gasteiger partial charge in [0.1, 0.15) is 0 Å². The predicted octanol–water partition coefficient (Wildman–Crippen LogP) is 2.52. The van der Waals surface area contributed by atoms with Crippen molar-refractivity contribution in [3.8, 4) is 0 Å². The summed E-state index contributed by atoms with van der Waals surface area (Å²) in [6, 6.07) is 0. The molecule has 13 heavy (non-hydrogen) atoms. The average Bonchev–Trinajstić information content (AvgIpc) is 2.04. The van der Waals surface area contributed by atoms with Crippen molar-refractivity contribution in [2.24, 2.45) is 0 Å². The molecule has 2 heteroatoms. The van der Waals surface area contributed by atoms with Crippen molar-refractivity contribution < 1.29 is 9.84 Å². The highest BCUT2D eigenvalue weighted by Gasteiger charge is 2.20. The number of hydrogen-bond acceptors (Lipinski definition) is 2. The van der Waals surface area contributed by atoms with E-state index in [0.29, 0.717) is 0 Å². The maximum absolute atomic E-state index is 9.01. The van der Waals surface area contributed by atoms with Gasteiger partial charge in [-0.15, -0.1) is 0 Å². The van der Waals surface area contributed by atoms with Crippen molar-refractivity contribution in [2.45, 2.75) is 52.7 Å². The molecule has 0 aliphatic heterocycles. The second kappa shape index (κ2) is 5.40. The first-order chi connectivity index (χ1) is 5.93. The van der Waals surface area contributed by atoms with Crippen LogP contribution < -0.4 is 0 Å². The van der Waals surface area contributed by atoms with Crippen LogP contribution in [0.2, 0.25) is 0 Å². The molecule has 0 heterocycles. The number of rotatable bonds is 5. The zero-order chi connectivity index (χ0) is 10.5. The van der Waals surface area contributed by atoms with Crippen LogP contribution in [0.3, 0.4) is 0 Å². The van der Waals surface area contributed by atoms with E-state index in [1.807, 2.05) is 20.8 Å². The number of hydrogen-bond donors (Lipinski definition) is 1. The van der Waals surface area contributed by atoms with Gasteiger partial charge in [0, 0.05) is 0 Å². The quantitative estimate of drug-likeness (QED) is 0.668. The summed E-state index contributed by atoms with van der Waals surface area (Å²) in [5, 5.41) is 9.01. The molecule has 0 amide bonds. The lowest BCUT2D eigenvalue weighted by Gasteiger charge is -2.27. The molecule has 0 saturated heterocycles. The maximum Gasteiger partial charge on any atom is 0.0864 e. The molecule has 0 radical (unpaired) electrons. The summed E-state index contributed by atoms with van der Waals surface area (Å²) in [6.07, 6.45) is 3.26. The molecule has 1 N–H and O–H groups in total. The second-order valence-corrected chi connectivity index (χ2v) is 4.03. The van der Waals surface area contributed by atoms with Crippen LogP contribution in [0.1, 0.15) is 41.0 Å². The maximum atomic E-state index is 9.01. The van der Waals surface area contributed by atoms with Gasteiger partial charge >= 0.3 is 0 Å². The first kappa shape index (κ1) is 12.7. The van der Waals surface area contributed by atoms with Crippen LogP contribution >= 0.6 is 0 Å². The molecule has 0 aromatic rings. The lowest BCUT2D eigenvalue weighted by molar-refractivity contribution is -0.0782. The van der Waals surface area contributed by atoms with E-state index in [1.54, 1.807) is 0 Å². The summed E-state index contributed by atoms with van der Waals surface area (Å²) < 4.78 is 5.68. The Hall–Kier alpha value is -0.340. The summed E-state index contributed by atoms with van der Waals surface area (Å²) in [7, 11) is 0. The molecular formula is C11H22O2. The van der Waals surface area contributed by atoms with Crippen LogP contribution in [0.4, 0.5) is 0 Å². The van der Waals surface area contributed by atoms with Gasteiger partial charge in [-0.3, -0.25) is 0 Å². The van der Waals surface area contributed by atoms with Gasteiger partial charge in [-0.2, -0.15) is 0 Å². The molecule has 1 atom stereocenters. The van der Waals surface area contributed by atoms with Crippen LogP contribution in [0, 0.1) is 0 Å². The van der Waals surface area contributed by atoms with Crippen molar-refractivity contribution in [3.63, 3.8) is 0 Å². The highest BCUT2D eigenvalue weighted by atomic mass is 16.5. The van der Waals surface area contributed by atoms with Gasteiger partial charge in [-0.05, 0) is 39.7 Å². The van der Waals surface area contributed by atoms with E-state index in [-0.39, 0.29) is 12.7 Å². The molecule has 0 rings (SSSR count). The number of aliphatic hydroxyl groups excluding tert-OH is 1. The Balaban J connectivity index is 4.14. The molecule has 0 aliphatic rings. The fourth-order valence-electron chi connectivity index (χ4n) is 1.10. The highest BCUT2D eigenvalue weighted by Crippen LogP contribution is 2.16. The van der Waals surface area contributed by atoms with Crippen LogP contribution in [0.15, 0.2) is 11.6 Å². The largest absolute Gasteiger partial charge is 0.393 e. The van der Waals surface area contributed by atoms with Crippen LogP contribution in [0.25, 0.3) is 0 Å². The first-order valence-electron chi connectivity index (χ1n) is 4.88. The first-order valence-corrected chi connectivity index (χ1v) is 4.88. The van der Waals surface area contributed by atoms with E-state index in [1.165, 1.54) is 5.57 Å². The van der Waals surface area contributed by atoms with E-state index in [9.17, 15) is 0 Å². The minimum atomic E-state index is -0.442. The number of ether oxygens (including phenoxy) is 1. The smallest absolute Gasteiger partial charge is 0.0864 e. The summed E-state index contributed by atoms with van der Waals surface area (Å²) in [5.41, 5.74) is 0.784. The Labute approximate surface area is 81.6 Å². The number of allylic oxidation sites excluding steroid dienone is 1. The Bertz CT molecular complexity index is 171. The van der Waals surface area contributed by atoms with Gasteiger partial charge in [0.2, 0.25) is 0 Å². The third-order valence-corrected chi connectivity index (χ3v) is 2.04. The lowest BCUT2D eigenvalue weighted by atomic mass is 10.1. The molecule has 0 aromatic heterocycles. The van der Waals surface area contributed by atoms with E-state index >= 15 is 0 Å². The molecule has 0 aromatic carbocycles. The van der Waals surface area contributed by atoms with Gasteiger partial charge in [-0.25, -0.2) is 0 Å². The Morgan fingerprint density at radius 3 is 2.46 bits per heavy atom. The van der Waals surface area contributed by atoms with Gasteiger partial charge < -0.3 is 9.84 Å². The summed E-state index contributed by atoms with van der Waals surface area (Å²) in [5.74, 6) is 0. The molecule has 0 bridgehead atoms. The van der Waals surface area contributed by atoms with E-state index in [4.69, 9.17) is 9.84 Å². The van der Waals surface area contributed by atoms with Crippen LogP contribution in [0.5, 0.6) is 0 Å². The fourth-order valence-corrected chi connectivity index (χ4v) is 1.10. The minimum absolute atomic E-state index is 0.0523. The fraction of sp³-hybridized carbons (Fsp3) is 0.818. The van der Waals surface area contributed by atoms with Gasteiger partial charge in [0.15, 0.2) is 0 Å². The van der Waals surface area contributed by atoms with Crippen molar-refractivity contribution in [1.82, 2.24) is 0 Å². The van der Waals surface area contributed by atoms with Crippen molar-refractivity contribution >= 4 is 0 Å². The summed E-state index contributed by atoms with van der Waals surface area (Å²) in [4.78, 5) is 0. The molecule has 0 aliphatic carbocycles. The lowest BCUT2D eigenvalue weighted by Crippen LogP contribution is -2.33. The average molecular weight is 186 g/mol. The normalized spacial score (nSPS) is 16.0. The molecule has 2 nitrogen and oxygen atoms in total. The zero-order valence-electron chi connectivity index (χ0n) is 9.42. The summed E-state index contributed by atoms with van der Waals surface area (Å²) >= 11 is 0. The zero-order valence-corrected chi connectivity index (χ0v) is 9.42. The van der Waals surface area contributed by atoms with Crippen molar-refractivity contribution in [3.05, 3.63) is 11.6 Å². The number of aliphatic hydroxyl groups is 1. The van der Waals surface area contributed by atoms with Crippen LogP contribution in [-0.4, -0.2) is 23.4 Å². The van der Waals surface area contributed by atoms with E-state index in [0.717, 1.165) is 6.42 Å². The highest BCUT2D eigenvalue weighted by molar-refractivity contribution is 5.03. The van der Waals surface area contributed by atoms with Gasteiger partial charge in [0.05, 0.1) is 18.3 Å². The van der Waals surface area contributed by atoms with E-state index < -0.39 is 5.60 Å². The standard InChI is InChI=1S/C11H22O2/c1-6-7-9(2)10(3)13-11(4,5)8-12/h7,10,12H,6,8H2,1-5H3/b9-7+. The van der Waals surface area contributed by atoms with Gasteiger partial charge in [0.25, 0.3) is 0 Å². The predicted molar refractivity (Wildman–Crippen MR) is 55.8 cm³/mol.